The zero-order chi connectivity index (χ0) is 13.7. The minimum absolute atomic E-state index is 0.163. The lowest BCUT2D eigenvalue weighted by molar-refractivity contribution is 0.0941. The molecule has 0 aliphatic rings. The predicted octanol–water partition coefficient (Wildman–Crippen LogP) is 0.763. The average molecular weight is 264 g/mol. The molecule has 0 bridgehead atoms. The molecule has 100 valence electrons. The average Bonchev–Trinajstić information content (AvgIpc) is 2.83. The topological polar surface area (TPSA) is 69.0 Å². The Bertz CT molecular complexity index is 570. The Hall–Kier alpha value is -2.44. The maximum Gasteiger partial charge on any atom is 0.273 e. The van der Waals surface area contributed by atoms with Crippen molar-refractivity contribution in [2.45, 2.75) is 0 Å². The molecule has 1 amide bonds. The second-order valence-corrected chi connectivity index (χ2v) is 3.81. The van der Waals surface area contributed by atoms with Crippen LogP contribution in [0.1, 0.15) is 10.5 Å². The molecule has 0 fully saturated rings. The maximum atomic E-state index is 13.2. The Labute approximate surface area is 109 Å². The van der Waals surface area contributed by atoms with Crippen LogP contribution in [-0.4, -0.2) is 34.1 Å². The fourth-order valence-corrected chi connectivity index (χ4v) is 1.43. The highest BCUT2D eigenvalue weighted by Crippen LogP contribution is 2.14. The molecule has 1 N–H and O–H groups in total. The minimum atomic E-state index is -0.428. The largest absolute Gasteiger partial charge is 0.489 e. The first-order valence-electron chi connectivity index (χ1n) is 5.68. The Morgan fingerprint density at radius 1 is 1.47 bits per heavy atom. The van der Waals surface area contributed by atoms with Gasteiger partial charge in [-0.25, -0.2) is 4.39 Å². The third-order valence-corrected chi connectivity index (χ3v) is 2.32. The normalized spacial score (nSPS) is 10.2. The number of hydrogen-bond acceptors (Lipinski definition) is 4. The third kappa shape index (κ3) is 3.51. The fraction of sp³-hybridized carbons (Fsp3) is 0.250. The number of para-hydroxylation sites is 1. The van der Waals surface area contributed by atoms with Gasteiger partial charge in [0.05, 0.1) is 12.7 Å². The monoisotopic (exact) mass is 264 g/mol. The van der Waals surface area contributed by atoms with Crippen LogP contribution in [0.5, 0.6) is 5.75 Å². The summed E-state index contributed by atoms with van der Waals surface area (Å²) in [7, 11) is 1.67. The second-order valence-electron chi connectivity index (χ2n) is 3.81. The summed E-state index contributed by atoms with van der Waals surface area (Å²) in [5.74, 6) is -0.607. The van der Waals surface area contributed by atoms with E-state index in [0.717, 1.165) is 0 Å². The summed E-state index contributed by atoms with van der Waals surface area (Å²) in [6, 6.07) is 6.10. The molecule has 19 heavy (non-hydrogen) atoms. The van der Waals surface area contributed by atoms with Crippen LogP contribution in [0.25, 0.3) is 0 Å². The number of hydrogen-bond donors (Lipinski definition) is 1. The van der Waals surface area contributed by atoms with Gasteiger partial charge in [0.1, 0.15) is 6.61 Å². The van der Waals surface area contributed by atoms with Crippen molar-refractivity contribution in [3.63, 3.8) is 0 Å². The number of benzene rings is 1. The van der Waals surface area contributed by atoms with E-state index in [1.807, 2.05) is 0 Å². The number of nitrogens with zero attached hydrogens (tertiary/aromatic N) is 3. The van der Waals surface area contributed by atoms with Crippen molar-refractivity contribution in [3.05, 3.63) is 42.0 Å². The molecule has 0 aliphatic heterocycles. The molecule has 0 saturated carbocycles. The van der Waals surface area contributed by atoms with Gasteiger partial charge in [-0.3, -0.25) is 9.48 Å². The van der Waals surface area contributed by atoms with E-state index in [2.05, 4.69) is 15.6 Å². The number of amides is 1. The van der Waals surface area contributed by atoms with E-state index in [-0.39, 0.29) is 30.5 Å². The fourth-order valence-electron chi connectivity index (χ4n) is 1.43. The van der Waals surface area contributed by atoms with Crippen LogP contribution in [0.2, 0.25) is 0 Å². The van der Waals surface area contributed by atoms with Gasteiger partial charge in [0.25, 0.3) is 5.91 Å². The van der Waals surface area contributed by atoms with Gasteiger partial charge < -0.3 is 10.1 Å². The molecule has 1 aromatic carbocycles. The van der Waals surface area contributed by atoms with Crippen LogP contribution in [-0.2, 0) is 7.05 Å². The van der Waals surface area contributed by atoms with Crippen LogP contribution in [0.4, 0.5) is 4.39 Å². The summed E-state index contributed by atoms with van der Waals surface area (Å²) in [6.07, 6.45) is 1.51. The zero-order valence-electron chi connectivity index (χ0n) is 10.3. The van der Waals surface area contributed by atoms with Gasteiger partial charge in [0, 0.05) is 7.05 Å². The molecule has 0 saturated heterocycles. The zero-order valence-corrected chi connectivity index (χ0v) is 10.3. The number of carbonyl (C=O) groups excluding carboxylic acids is 1. The highest BCUT2D eigenvalue weighted by Gasteiger charge is 2.09. The predicted molar refractivity (Wildman–Crippen MR) is 65.2 cm³/mol. The van der Waals surface area contributed by atoms with Crippen molar-refractivity contribution in [3.8, 4) is 5.75 Å². The summed E-state index contributed by atoms with van der Waals surface area (Å²) in [6.45, 7) is 0.427. The van der Waals surface area contributed by atoms with Gasteiger partial charge in [0.15, 0.2) is 17.3 Å². The molecule has 1 aromatic heterocycles. The Morgan fingerprint density at radius 2 is 2.26 bits per heavy atom. The van der Waals surface area contributed by atoms with Crippen LogP contribution >= 0.6 is 0 Å². The molecular formula is C12H13FN4O2. The summed E-state index contributed by atoms with van der Waals surface area (Å²) in [5.41, 5.74) is 0.230. The molecule has 1 heterocycles. The van der Waals surface area contributed by atoms with E-state index in [9.17, 15) is 9.18 Å². The van der Waals surface area contributed by atoms with Gasteiger partial charge in [-0.2, -0.15) is 0 Å². The van der Waals surface area contributed by atoms with E-state index >= 15 is 0 Å². The van der Waals surface area contributed by atoms with Crippen molar-refractivity contribution in [1.29, 1.82) is 0 Å². The van der Waals surface area contributed by atoms with Crippen LogP contribution in [0.3, 0.4) is 0 Å². The number of aryl methyl sites for hydroxylation is 1. The smallest absolute Gasteiger partial charge is 0.273 e. The molecule has 6 nitrogen and oxygen atoms in total. The van der Waals surface area contributed by atoms with Crippen LogP contribution in [0, 0.1) is 5.82 Å². The molecule has 7 heteroatoms. The Balaban J connectivity index is 1.75. The highest BCUT2D eigenvalue weighted by atomic mass is 19.1. The number of carbonyl (C=O) groups is 1. The first-order chi connectivity index (χ1) is 9.16. The van der Waals surface area contributed by atoms with Crippen LogP contribution in [0.15, 0.2) is 30.5 Å². The standard InChI is InChI=1S/C12H13FN4O2/c1-17-8-10(15-16-17)12(18)14-6-7-19-11-5-3-2-4-9(11)13/h2-5,8H,6-7H2,1H3,(H,14,18). The second kappa shape index (κ2) is 5.94. The van der Waals surface area contributed by atoms with Gasteiger partial charge >= 0.3 is 0 Å². The lowest BCUT2D eigenvalue weighted by Crippen LogP contribution is -2.28. The molecule has 0 spiro atoms. The number of aromatic nitrogens is 3. The third-order valence-electron chi connectivity index (χ3n) is 2.32. The van der Waals surface area contributed by atoms with E-state index in [0.29, 0.717) is 0 Å². The van der Waals surface area contributed by atoms with Gasteiger partial charge in [0.2, 0.25) is 0 Å². The van der Waals surface area contributed by atoms with Crippen molar-refractivity contribution in [1.82, 2.24) is 20.3 Å². The number of rotatable bonds is 5. The van der Waals surface area contributed by atoms with E-state index < -0.39 is 5.82 Å². The van der Waals surface area contributed by atoms with E-state index in [1.165, 1.54) is 23.0 Å². The first kappa shape index (κ1) is 13.0. The molecule has 0 unspecified atom stereocenters. The molecular weight excluding hydrogens is 251 g/mol. The SMILES string of the molecule is Cn1cc(C(=O)NCCOc2ccccc2F)nn1. The molecule has 2 aromatic rings. The summed E-state index contributed by atoms with van der Waals surface area (Å²) < 4.78 is 19.8. The van der Waals surface area contributed by atoms with Crippen molar-refractivity contribution in [2.24, 2.45) is 7.05 Å². The van der Waals surface area contributed by atoms with Gasteiger partial charge in [-0.15, -0.1) is 5.10 Å². The van der Waals surface area contributed by atoms with E-state index in [1.54, 1.807) is 19.2 Å². The lowest BCUT2D eigenvalue weighted by Gasteiger charge is -2.07. The summed E-state index contributed by atoms with van der Waals surface area (Å²) in [5, 5.41) is 9.92. The Kier molecular flexibility index (Phi) is 4.07. The van der Waals surface area contributed by atoms with Crippen molar-refractivity contribution >= 4 is 5.91 Å². The molecule has 0 radical (unpaired) electrons. The summed E-state index contributed by atoms with van der Waals surface area (Å²) >= 11 is 0. The number of nitrogens with one attached hydrogen (secondary N) is 1. The van der Waals surface area contributed by atoms with Gasteiger partial charge in [-0.1, -0.05) is 17.3 Å². The van der Waals surface area contributed by atoms with Gasteiger partial charge in [-0.05, 0) is 12.1 Å². The number of ether oxygens (including phenoxy) is 1. The number of halogens is 1. The van der Waals surface area contributed by atoms with Crippen molar-refractivity contribution < 1.29 is 13.9 Å². The molecule has 0 atom stereocenters. The minimum Gasteiger partial charge on any atom is -0.489 e. The lowest BCUT2D eigenvalue weighted by atomic mass is 10.3. The maximum absolute atomic E-state index is 13.2. The quantitative estimate of drug-likeness (QED) is 0.810. The van der Waals surface area contributed by atoms with Crippen molar-refractivity contribution in [2.75, 3.05) is 13.2 Å². The highest BCUT2D eigenvalue weighted by molar-refractivity contribution is 5.91. The van der Waals surface area contributed by atoms with Crippen LogP contribution < -0.4 is 10.1 Å². The summed E-state index contributed by atoms with van der Waals surface area (Å²) in [4.78, 5) is 11.6. The Morgan fingerprint density at radius 3 is 2.95 bits per heavy atom. The van der Waals surface area contributed by atoms with E-state index in [4.69, 9.17) is 4.74 Å². The molecule has 2 rings (SSSR count). The molecule has 0 aliphatic carbocycles. The first-order valence-corrected chi connectivity index (χ1v) is 5.68.